The van der Waals surface area contributed by atoms with Crippen molar-refractivity contribution in [3.63, 3.8) is 0 Å². The maximum absolute atomic E-state index is 12.3. The van der Waals surface area contributed by atoms with E-state index in [4.69, 9.17) is 14.2 Å². The summed E-state index contributed by atoms with van der Waals surface area (Å²) in [5.41, 5.74) is 1.70. The van der Waals surface area contributed by atoms with Crippen molar-refractivity contribution in [3.8, 4) is 11.5 Å². The molecule has 2 heterocycles. The van der Waals surface area contributed by atoms with Crippen molar-refractivity contribution in [1.82, 2.24) is 4.90 Å². The van der Waals surface area contributed by atoms with Gasteiger partial charge in [0.25, 0.3) is 0 Å². The average molecular weight is 395 g/mol. The molecule has 0 unspecified atom stereocenters. The summed E-state index contributed by atoms with van der Waals surface area (Å²) in [6.07, 6.45) is 1.49. The molecular weight excluding hydrogens is 374 g/mol. The first-order valence-electron chi connectivity index (χ1n) is 9.57. The zero-order valence-electron chi connectivity index (χ0n) is 15.9. The summed E-state index contributed by atoms with van der Waals surface area (Å²) in [4.78, 5) is 38.1. The fourth-order valence-electron chi connectivity index (χ4n) is 3.35. The molecule has 0 aromatic heterocycles. The number of ether oxygens (including phenoxy) is 3. The van der Waals surface area contributed by atoms with Crippen LogP contribution < -0.4 is 9.47 Å². The van der Waals surface area contributed by atoms with E-state index in [2.05, 4.69) is 0 Å². The number of hydrogen-bond acceptors (Lipinski definition) is 6. The Balaban J connectivity index is 1.32. The van der Waals surface area contributed by atoms with Crippen LogP contribution in [0.25, 0.3) is 0 Å². The normalized spacial score (nSPS) is 15.3. The first kappa shape index (κ1) is 19.0. The standard InChI is InChI=1S/C22H21NO6/c24-18(17-7-8-19-20(12-17)28-11-10-27-19)14-29-22(26)16-5-3-15(4-6-16)13-23-9-1-2-21(23)25/h3-8,12H,1-2,9-11,13-14H2. The van der Waals surface area contributed by atoms with Crippen molar-refractivity contribution in [1.29, 1.82) is 0 Å². The molecule has 1 saturated heterocycles. The minimum Gasteiger partial charge on any atom is -0.486 e. The minimum atomic E-state index is -0.570. The third-order valence-electron chi connectivity index (χ3n) is 4.93. The lowest BCUT2D eigenvalue weighted by Gasteiger charge is -2.18. The predicted octanol–water partition coefficient (Wildman–Crippen LogP) is 2.62. The first-order valence-corrected chi connectivity index (χ1v) is 9.57. The molecule has 0 radical (unpaired) electrons. The summed E-state index contributed by atoms with van der Waals surface area (Å²) in [7, 11) is 0. The number of likely N-dealkylation sites (tertiary alicyclic amines) is 1. The number of esters is 1. The Morgan fingerprint density at radius 2 is 1.69 bits per heavy atom. The van der Waals surface area contributed by atoms with Gasteiger partial charge in [0.15, 0.2) is 23.9 Å². The molecule has 0 spiro atoms. The van der Waals surface area contributed by atoms with E-state index in [1.807, 2.05) is 0 Å². The highest BCUT2D eigenvalue weighted by atomic mass is 16.6. The molecule has 0 saturated carbocycles. The second-order valence-electron chi connectivity index (χ2n) is 6.97. The molecule has 150 valence electrons. The van der Waals surface area contributed by atoms with Crippen LogP contribution in [-0.2, 0) is 16.1 Å². The van der Waals surface area contributed by atoms with E-state index >= 15 is 0 Å². The van der Waals surface area contributed by atoms with E-state index in [-0.39, 0.29) is 18.3 Å². The first-order chi connectivity index (χ1) is 14.1. The Morgan fingerprint density at radius 1 is 0.966 bits per heavy atom. The number of carbonyl (C=O) groups excluding carboxylic acids is 3. The van der Waals surface area contributed by atoms with Crippen LogP contribution in [0.5, 0.6) is 11.5 Å². The fourth-order valence-corrected chi connectivity index (χ4v) is 3.35. The number of Topliss-reactive ketones (excluding diaryl/α,β-unsaturated/α-hetero) is 1. The lowest BCUT2D eigenvalue weighted by molar-refractivity contribution is -0.128. The van der Waals surface area contributed by atoms with Gasteiger partial charge in [-0.05, 0) is 42.3 Å². The molecule has 2 aliphatic heterocycles. The van der Waals surface area contributed by atoms with Crippen LogP contribution in [0, 0.1) is 0 Å². The van der Waals surface area contributed by atoms with Crippen LogP contribution in [0.15, 0.2) is 42.5 Å². The van der Waals surface area contributed by atoms with E-state index in [0.29, 0.717) is 48.8 Å². The molecule has 0 N–H and O–H groups in total. The second-order valence-corrected chi connectivity index (χ2v) is 6.97. The SMILES string of the molecule is O=C(COC(=O)c1ccc(CN2CCCC2=O)cc1)c1ccc2c(c1)OCCO2. The molecule has 0 aliphatic carbocycles. The van der Waals surface area contributed by atoms with Gasteiger partial charge < -0.3 is 19.1 Å². The Bertz CT molecular complexity index is 937. The van der Waals surface area contributed by atoms with Gasteiger partial charge in [0, 0.05) is 25.1 Å². The highest BCUT2D eigenvalue weighted by Crippen LogP contribution is 2.30. The van der Waals surface area contributed by atoms with Crippen molar-refractivity contribution < 1.29 is 28.6 Å². The third-order valence-corrected chi connectivity index (χ3v) is 4.93. The highest BCUT2D eigenvalue weighted by molar-refractivity contribution is 5.99. The smallest absolute Gasteiger partial charge is 0.338 e. The Morgan fingerprint density at radius 3 is 2.41 bits per heavy atom. The molecule has 2 aliphatic rings. The molecular formula is C22H21NO6. The van der Waals surface area contributed by atoms with Gasteiger partial charge in [0.1, 0.15) is 13.2 Å². The van der Waals surface area contributed by atoms with E-state index < -0.39 is 5.97 Å². The maximum Gasteiger partial charge on any atom is 0.338 e. The van der Waals surface area contributed by atoms with Crippen LogP contribution >= 0.6 is 0 Å². The Labute approximate surface area is 168 Å². The molecule has 7 nitrogen and oxygen atoms in total. The zero-order chi connectivity index (χ0) is 20.2. The predicted molar refractivity (Wildman–Crippen MR) is 103 cm³/mol. The largest absolute Gasteiger partial charge is 0.486 e. The summed E-state index contributed by atoms with van der Waals surface area (Å²) in [5, 5.41) is 0. The summed E-state index contributed by atoms with van der Waals surface area (Å²) in [5.74, 6) is 0.381. The van der Waals surface area contributed by atoms with Crippen LogP contribution in [0.1, 0.15) is 39.1 Å². The molecule has 2 aromatic carbocycles. The van der Waals surface area contributed by atoms with Crippen molar-refractivity contribution in [3.05, 3.63) is 59.2 Å². The fraction of sp³-hybridized carbons (Fsp3) is 0.318. The summed E-state index contributed by atoms with van der Waals surface area (Å²) in [6.45, 7) is 1.86. The van der Waals surface area contributed by atoms with Crippen LogP contribution in [0.4, 0.5) is 0 Å². The molecule has 0 atom stereocenters. The summed E-state index contributed by atoms with van der Waals surface area (Å²) < 4.78 is 16.0. The molecule has 1 amide bonds. The van der Waals surface area contributed by atoms with E-state index in [1.165, 1.54) is 0 Å². The van der Waals surface area contributed by atoms with E-state index in [1.54, 1.807) is 47.4 Å². The molecule has 0 bridgehead atoms. The van der Waals surface area contributed by atoms with E-state index in [0.717, 1.165) is 18.5 Å². The number of ketones is 1. The van der Waals surface area contributed by atoms with Gasteiger partial charge in [0.05, 0.1) is 5.56 Å². The van der Waals surface area contributed by atoms with Gasteiger partial charge in [-0.3, -0.25) is 9.59 Å². The number of fused-ring (bicyclic) bond motifs is 1. The number of hydrogen-bond donors (Lipinski definition) is 0. The van der Waals surface area contributed by atoms with Crippen LogP contribution in [0.3, 0.4) is 0 Å². The lowest BCUT2D eigenvalue weighted by atomic mass is 10.1. The van der Waals surface area contributed by atoms with Crippen molar-refractivity contribution >= 4 is 17.7 Å². The minimum absolute atomic E-state index is 0.158. The topological polar surface area (TPSA) is 82.1 Å². The number of rotatable bonds is 6. The quantitative estimate of drug-likeness (QED) is 0.552. The van der Waals surface area contributed by atoms with Gasteiger partial charge in [-0.1, -0.05) is 12.1 Å². The maximum atomic E-state index is 12.3. The van der Waals surface area contributed by atoms with Gasteiger partial charge in [-0.15, -0.1) is 0 Å². The zero-order valence-corrected chi connectivity index (χ0v) is 15.9. The molecule has 4 rings (SSSR count). The molecule has 2 aromatic rings. The molecule has 1 fully saturated rings. The highest BCUT2D eigenvalue weighted by Gasteiger charge is 2.20. The third kappa shape index (κ3) is 4.39. The number of nitrogens with zero attached hydrogens (tertiary/aromatic N) is 1. The Kier molecular flexibility index (Phi) is 5.46. The summed E-state index contributed by atoms with van der Waals surface area (Å²) in [6, 6.07) is 11.8. The average Bonchev–Trinajstić information content (AvgIpc) is 3.16. The van der Waals surface area contributed by atoms with Crippen molar-refractivity contribution in [2.45, 2.75) is 19.4 Å². The lowest BCUT2D eigenvalue weighted by Crippen LogP contribution is -2.23. The molecule has 7 heteroatoms. The number of carbonyl (C=O) groups is 3. The Hall–Kier alpha value is -3.35. The van der Waals surface area contributed by atoms with Gasteiger partial charge in [0.2, 0.25) is 5.91 Å². The van der Waals surface area contributed by atoms with Crippen LogP contribution in [0.2, 0.25) is 0 Å². The van der Waals surface area contributed by atoms with Gasteiger partial charge in [-0.25, -0.2) is 4.79 Å². The van der Waals surface area contributed by atoms with Crippen LogP contribution in [-0.4, -0.2) is 48.9 Å². The van der Waals surface area contributed by atoms with Gasteiger partial charge in [-0.2, -0.15) is 0 Å². The van der Waals surface area contributed by atoms with Crippen molar-refractivity contribution in [2.24, 2.45) is 0 Å². The van der Waals surface area contributed by atoms with Gasteiger partial charge >= 0.3 is 5.97 Å². The summed E-state index contributed by atoms with van der Waals surface area (Å²) >= 11 is 0. The molecule has 29 heavy (non-hydrogen) atoms. The number of amides is 1. The number of benzene rings is 2. The monoisotopic (exact) mass is 395 g/mol. The van der Waals surface area contributed by atoms with Crippen molar-refractivity contribution in [2.75, 3.05) is 26.4 Å². The second kappa shape index (κ2) is 8.34. The van der Waals surface area contributed by atoms with E-state index in [9.17, 15) is 14.4 Å².